The van der Waals surface area contributed by atoms with Crippen molar-refractivity contribution >= 4 is 49.3 Å². The second kappa shape index (κ2) is 5.06. The monoisotopic (exact) mass is 333 g/mol. The van der Waals surface area contributed by atoms with E-state index in [1.54, 1.807) is 6.26 Å². The first-order valence-electron chi connectivity index (χ1n) is 8.84. The molecule has 0 bridgehead atoms. The molecule has 1 aliphatic heterocycles. The Kier molecular flexibility index (Phi) is 2.69. The number of allylic oxidation sites excluding steroid dienone is 1. The van der Waals surface area contributed by atoms with Gasteiger partial charge in [-0.3, -0.25) is 0 Å². The Morgan fingerprint density at radius 2 is 1.35 bits per heavy atom. The van der Waals surface area contributed by atoms with Crippen LogP contribution in [0.15, 0.2) is 84.1 Å². The van der Waals surface area contributed by atoms with Crippen LogP contribution < -0.4 is 0 Å². The standard InChI is InChI=1S/C24H15NO/c1-5-15-6-3-10-19-21(15)17(8-1)18-9-2-7-16-11-12-20(23(19)22(16)18)24-25-13-4-14-26-24/h1-14,24H. The zero-order valence-electron chi connectivity index (χ0n) is 14.0. The lowest BCUT2D eigenvalue weighted by atomic mass is 9.87. The maximum absolute atomic E-state index is 5.82. The normalized spacial score (nSPS) is 16.8. The highest BCUT2D eigenvalue weighted by molar-refractivity contribution is 6.33. The number of aliphatic imine (C=N–C) groups is 1. The molecule has 0 saturated carbocycles. The Balaban J connectivity index is 1.92. The van der Waals surface area contributed by atoms with Crippen molar-refractivity contribution in [2.75, 3.05) is 0 Å². The number of rotatable bonds is 1. The molecular weight excluding hydrogens is 318 g/mol. The molecule has 5 aromatic rings. The van der Waals surface area contributed by atoms with E-state index in [0.717, 1.165) is 5.56 Å². The van der Waals surface area contributed by atoms with Gasteiger partial charge < -0.3 is 4.74 Å². The molecule has 1 unspecified atom stereocenters. The van der Waals surface area contributed by atoms with Crippen LogP contribution in [-0.2, 0) is 4.74 Å². The zero-order chi connectivity index (χ0) is 17.1. The van der Waals surface area contributed by atoms with Crippen LogP contribution >= 0.6 is 0 Å². The summed E-state index contributed by atoms with van der Waals surface area (Å²) in [5, 5.41) is 10.3. The zero-order valence-corrected chi connectivity index (χ0v) is 14.0. The number of benzene rings is 5. The first kappa shape index (κ1) is 13.9. The summed E-state index contributed by atoms with van der Waals surface area (Å²) < 4.78 is 5.82. The Hall–Kier alpha value is -3.39. The van der Waals surface area contributed by atoms with Gasteiger partial charge in [0.2, 0.25) is 6.23 Å². The van der Waals surface area contributed by atoms with Crippen molar-refractivity contribution in [2.45, 2.75) is 6.23 Å². The third kappa shape index (κ3) is 1.73. The lowest BCUT2D eigenvalue weighted by Gasteiger charge is -2.21. The number of fused-ring (bicyclic) bond motifs is 2. The van der Waals surface area contributed by atoms with Gasteiger partial charge >= 0.3 is 0 Å². The maximum atomic E-state index is 5.82. The van der Waals surface area contributed by atoms with Crippen LogP contribution in [0.4, 0.5) is 0 Å². The summed E-state index contributed by atoms with van der Waals surface area (Å²) in [5.41, 5.74) is 1.12. The average Bonchev–Trinajstić information content (AvgIpc) is 2.72. The van der Waals surface area contributed by atoms with Gasteiger partial charge in [0.05, 0.1) is 6.26 Å². The van der Waals surface area contributed by atoms with E-state index in [2.05, 4.69) is 71.7 Å². The van der Waals surface area contributed by atoms with Crippen LogP contribution in [0.5, 0.6) is 0 Å². The molecule has 26 heavy (non-hydrogen) atoms. The average molecular weight is 333 g/mol. The van der Waals surface area contributed by atoms with Crippen molar-refractivity contribution in [1.29, 1.82) is 0 Å². The van der Waals surface area contributed by atoms with E-state index >= 15 is 0 Å². The SMILES string of the molecule is C1=COC(c2ccc3cccc4c5cccc6cccc(c2c34)c65)N=C1. The maximum Gasteiger partial charge on any atom is 0.215 e. The van der Waals surface area contributed by atoms with Crippen LogP contribution in [0.2, 0.25) is 0 Å². The van der Waals surface area contributed by atoms with Crippen LogP contribution in [0, 0.1) is 0 Å². The molecule has 0 saturated heterocycles. The smallest absolute Gasteiger partial charge is 0.215 e. The third-order valence-electron chi connectivity index (χ3n) is 5.40. The minimum absolute atomic E-state index is 0.298. The summed E-state index contributed by atoms with van der Waals surface area (Å²) in [7, 11) is 0. The Morgan fingerprint density at radius 3 is 2.08 bits per heavy atom. The van der Waals surface area contributed by atoms with Gasteiger partial charge in [-0.15, -0.1) is 0 Å². The Bertz CT molecular complexity index is 1360. The molecule has 2 heteroatoms. The van der Waals surface area contributed by atoms with Gasteiger partial charge in [-0.2, -0.15) is 0 Å². The van der Waals surface area contributed by atoms with Crippen LogP contribution in [0.25, 0.3) is 43.1 Å². The van der Waals surface area contributed by atoms with Crippen molar-refractivity contribution in [3.63, 3.8) is 0 Å². The van der Waals surface area contributed by atoms with Gasteiger partial charge in [0.15, 0.2) is 0 Å². The highest BCUT2D eigenvalue weighted by atomic mass is 16.5. The molecule has 0 spiro atoms. The molecule has 0 amide bonds. The molecule has 1 atom stereocenters. The molecule has 0 aromatic heterocycles. The molecule has 1 aliphatic rings. The van der Waals surface area contributed by atoms with Crippen molar-refractivity contribution < 1.29 is 4.74 Å². The van der Waals surface area contributed by atoms with E-state index in [-0.39, 0.29) is 6.23 Å². The highest BCUT2D eigenvalue weighted by Crippen LogP contribution is 2.43. The summed E-state index contributed by atoms with van der Waals surface area (Å²) in [6.45, 7) is 0. The minimum atomic E-state index is -0.298. The Labute approximate surface area is 150 Å². The van der Waals surface area contributed by atoms with E-state index in [1.807, 2.05) is 12.3 Å². The molecule has 2 nitrogen and oxygen atoms in total. The van der Waals surface area contributed by atoms with Crippen LogP contribution in [-0.4, -0.2) is 6.21 Å². The van der Waals surface area contributed by atoms with Gasteiger partial charge in [0, 0.05) is 11.8 Å². The van der Waals surface area contributed by atoms with Crippen molar-refractivity contribution in [2.24, 2.45) is 4.99 Å². The lowest BCUT2D eigenvalue weighted by molar-refractivity contribution is 0.154. The topological polar surface area (TPSA) is 21.6 Å². The van der Waals surface area contributed by atoms with Gasteiger partial charge in [0.25, 0.3) is 0 Å². The molecule has 5 aromatic carbocycles. The second-order valence-electron chi connectivity index (χ2n) is 6.76. The highest BCUT2D eigenvalue weighted by Gasteiger charge is 2.20. The fraction of sp³-hybridized carbons (Fsp3) is 0.0417. The summed E-state index contributed by atoms with van der Waals surface area (Å²) >= 11 is 0. The summed E-state index contributed by atoms with van der Waals surface area (Å²) in [6, 6.07) is 24.0. The van der Waals surface area contributed by atoms with Crippen LogP contribution in [0.3, 0.4) is 0 Å². The lowest BCUT2D eigenvalue weighted by Crippen LogP contribution is -2.02. The first-order chi connectivity index (χ1) is 12.9. The van der Waals surface area contributed by atoms with Crippen molar-refractivity contribution in [3.05, 3.63) is 84.6 Å². The Morgan fingerprint density at radius 1 is 0.654 bits per heavy atom. The summed E-state index contributed by atoms with van der Waals surface area (Å²) in [4.78, 5) is 4.55. The number of nitrogens with zero attached hydrogens (tertiary/aromatic N) is 1. The summed E-state index contributed by atoms with van der Waals surface area (Å²) in [6.07, 6.45) is 5.06. The minimum Gasteiger partial charge on any atom is -0.472 e. The molecule has 122 valence electrons. The van der Waals surface area contributed by atoms with Gasteiger partial charge in [-0.1, -0.05) is 66.7 Å². The number of hydrogen-bond acceptors (Lipinski definition) is 2. The number of ether oxygens (including phenoxy) is 1. The van der Waals surface area contributed by atoms with Gasteiger partial charge in [-0.05, 0) is 49.2 Å². The van der Waals surface area contributed by atoms with Crippen molar-refractivity contribution in [1.82, 2.24) is 0 Å². The first-order valence-corrected chi connectivity index (χ1v) is 8.84. The van der Waals surface area contributed by atoms with Gasteiger partial charge in [0.1, 0.15) is 0 Å². The van der Waals surface area contributed by atoms with E-state index in [9.17, 15) is 0 Å². The fourth-order valence-electron chi connectivity index (χ4n) is 4.36. The quantitative estimate of drug-likeness (QED) is 0.259. The summed E-state index contributed by atoms with van der Waals surface area (Å²) in [5.74, 6) is 0. The third-order valence-corrected chi connectivity index (χ3v) is 5.40. The van der Waals surface area contributed by atoms with E-state index in [0.29, 0.717) is 0 Å². The molecule has 0 N–H and O–H groups in total. The predicted molar refractivity (Wildman–Crippen MR) is 109 cm³/mol. The molecule has 0 fully saturated rings. The van der Waals surface area contributed by atoms with Gasteiger partial charge in [-0.25, -0.2) is 4.99 Å². The predicted octanol–water partition coefficient (Wildman–Crippen LogP) is 6.35. The molecule has 1 heterocycles. The fourth-order valence-corrected chi connectivity index (χ4v) is 4.36. The molecule has 6 rings (SSSR count). The van der Waals surface area contributed by atoms with E-state index in [4.69, 9.17) is 4.74 Å². The largest absolute Gasteiger partial charge is 0.472 e. The molecular formula is C24H15NO. The van der Waals surface area contributed by atoms with Crippen LogP contribution in [0.1, 0.15) is 11.8 Å². The van der Waals surface area contributed by atoms with E-state index < -0.39 is 0 Å². The molecule has 0 radical (unpaired) electrons. The number of hydrogen-bond donors (Lipinski definition) is 0. The second-order valence-corrected chi connectivity index (χ2v) is 6.76. The van der Waals surface area contributed by atoms with E-state index in [1.165, 1.54) is 43.1 Å². The molecule has 0 aliphatic carbocycles. The van der Waals surface area contributed by atoms with Crippen molar-refractivity contribution in [3.8, 4) is 0 Å².